The molecule has 2 aliphatic rings. The Kier molecular flexibility index (Phi) is 4.81. The molecule has 0 bridgehead atoms. The van der Waals surface area contributed by atoms with Gasteiger partial charge in [0.15, 0.2) is 11.0 Å². The highest BCUT2D eigenvalue weighted by Gasteiger charge is 2.31. The van der Waals surface area contributed by atoms with E-state index in [9.17, 15) is 0 Å². The summed E-state index contributed by atoms with van der Waals surface area (Å²) in [6.45, 7) is 9.16. The van der Waals surface area contributed by atoms with Gasteiger partial charge in [-0.2, -0.15) is 0 Å². The van der Waals surface area contributed by atoms with Crippen LogP contribution in [-0.4, -0.2) is 54.5 Å². The molecule has 2 rings (SSSR count). The van der Waals surface area contributed by atoms with E-state index in [2.05, 4.69) is 51.0 Å². The lowest BCUT2D eigenvalue weighted by Gasteiger charge is -2.26. The summed E-state index contributed by atoms with van der Waals surface area (Å²) in [6.07, 6.45) is 0. The van der Waals surface area contributed by atoms with Crippen molar-refractivity contribution in [3.05, 3.63) is 0 Å². The van der Waals surface area contributed by atoms with Crippen LogP contribution in [0.1, 0.15) is 0 Å². The van der Waals surface area contributed by atoms with E-state index in [1.165, 1.54) is 6.04 Å². The van der Waals surface area contributed by atoms with Crippen LogP contribution in [0.25, 0.3) is 0 Å². The van der Waals surface area contributed by atoms with E-state index in [4.69, 9.17) is 16.3 Å². The second-order valence-electron chi connectivity index (χ2n) is 5.88. The van der Waals surface area contributed by atoms with Crippen molar-refractivity contribution in [1.29, 1.82) is 0 Å². The Labute approximate surface area is 128 Å². The van der Waals surface area contributed by atoms with Gasteiger partial charge in [-0.25, -0.2) is 0 Å². The third-order valence-electron chi connectivity index (χ3n) is 2.86. The molecule has 0 N–H and O–H groups in total. The number of halogens is 2. The predicted molar refractivity (Wildman–Crippen MR) is 86.6 cm³/mol. The first-order valence-corrected chi connectivity index (χ1v) is 11.1. The van der Waals surface area contributed by atoms with E-state index in [-0.39, 0.29) is 6.04 Å². The fourth-order valence-electron chi connectivity index (χ4n) is 1.74. The monoisotopic (exact) mass is 364 g/mol. The van der Waals surface area contributed by atoms with Crippen molar-refractivity contribution in [2.24, 2.45) is 15.2 Å². The van der Waals surface area contributed by atoms with E-state index < -0.39 is 8.07 Å². The molecule has 0 saturated carbocycles. The molecule has 0 fully saturated rings. The van der Waals surface area contributed by atoms with E-state index in [1.54, 1.807) is 0 Å². The smallest absolute Gasteiger partial charge is 0.190 e. The van der Waals surface area contributed by atoms with Crippen molar-refractivity contribution in [2.45, 2.75) is 31.7 Å². The SMILES string of the molecule is C[Si](C)(C)CCOCC1CN(Br)C2=NN=C(Cl)C2=N1. The molecule has 2 aliphatic heterocycles. The van der Waals surface area contributed by atoms with Crippen LogP contribution in [0.4, 0.5) is 0 Å². The van der Waals surface area contributed by atoms with Crippen LogP contribution in [0.3, 0.4) is 0 Å². The summed E-state index contributed by atoms with van der Waals surface area (Å²) in [4.78, 5) is 4.55. The number of hydrogen-bond donors (Lipinski definition) is 0. The first-order valence-electron chi connectivity index (χ1n) is 6.27. The van der Waals surface area contributed by atoms with Gasteiger partial charge in [-0.15, -0.1) is 10.2 Å². The summed E-state index contributed by atoms with van der Waals surface area (Å²) in [5, 5.41) is 8.15. The van der Waals surface area contributed by atoms with Crippen molar-refractivity contribution in [3.63, 3.8) is 0 Å². The highest BCUT2D eigenvalue weighted by molar-refractivity contribution is 9.07. The number of aliphatic imine (C=N–C) groups is 1. The summed E-state index contributed by atoms with van der Waals surface area (Å²) in [5.41, 5.74) is 0.656. The second kappa shape index (κ2) is 6.03. The van der Waals surface area contributed by atoms with Crippen LogP contribution in [0.5, 0.6) is 0 Å². The standard InChI is InChI=1S/C11H18BrClN4OSi/c1-19(2,3)5-4-18-7-8-6-17(12)11-9(14-8)10(13)15-16-11/h8H,4-7H2,1-3H3. The van der Waals surface area contributed by atoms with Crippen molar-refractivity contribution >= 4 is 52.5 Å². The molecule has 19 heavy (non-hydrogen) atoms. The Morgan fingerprint density at radius 1 is 1.42 bits per heavy atom. The minimum Gasteiger partial charge on any atom is -0.379 e. The van der Waals surface area contributed by atoms with Gasteiger partial charge in [0.1, 0.15) is 5.71 Å². The van der Waals surface area contributed by atoms with E-state index in [0.717, 1.165) is 13.2 Å². The summed E-state index contributed by atoms with van der Waals surface area (Å²) >= 11 is 9.40. The number of ether oxygens (including phenoxy) is 1. The van der Waals surface area contributed by atoms with Gasteiger partial charge in [-0.3, -0.25) is 8.92 Å². The molecule has 0 aliphatic carbocycles. The van der Waals surface area contributed by atoms with Crippen LogP contribution in [-0.2, 0) is 4.74 Å². The van der Waals surface area contributed by atoms with E-state index in [1.807, 2.05) is 3.93 Å². The van der Waals surface area contributed by atoms with Crippen molar-refractivity contribution in [3.8, 4) is 0 Å². The molecule has 0 saturated heterocycles. The van der Waals surface area contributed by atoms with Gasteiger partial charge < -0.3 is 4.74 Å². The number of amidine groups is 1. The van der Waals surface area contributed by atoms with Crippen molar-refractivity contribution in [1.82, 2.24) is 3.93 Å². The van der Waals surface area contributed by atoms with Crippen molar-refractivity contribution < 1.29 is 4.74 Å². The zero-order valence-electron chi connectivity index (χ0n) is 11.4. The molecule has 1 atom stereocenters. The highest BCUT2D eigenvalue weighted by Crippen LogP contribution is 2.19. The molecule has 8 heteroatoms. The molecular weight excluding hydrogens is 348 g/mol. The highest BCUT2D eigenvalue weighted by atomic mass is 79.9. The number of fused-ring (bicyclic) bond motifs is 1. The first kappa shape index (κ1) is 15.2. The molecular formula is C11H18BrClN4OSi. The molecule has 0 spiro atoms. The van der Waals surface area contributed by atoms with Crippen LogP contribution < -0.4 is 0 Å². The van der Waals surface area contributed by atoms with Gasteiger partial charge in [-0.05, 0) is 6.04 Å². The molecule has 1 unspecified atom stereocenters. The Morgan fingerprint density at radius 2 is 2.16 bits per heavy atom. The second-order valence-corrected chi connectivity index (χ2v) is 12.7. The number of hydrogen-bond acceptors (Lipinski definition) is 5. The zero-order chi connectivity index (χ0) is 14.0. The van der Waals surface area contributed by atoms with Crippen LogP contribution in [0, 0.1) is 0 Å². The molecule has 106 valence electrons. The lowest BCUT2D eigenvalue weighted by Crippen LogP contribution is -2.42. The third kappa shape index (κ3) is 4.11. The first-order chi connectivity index (χ1) is 8.87. The van der Waals surface area contributed by atoms with Gasteiger partial charge in [0, 0.05) is 14.7 Å². The van der Waals surface area contributed by atoms with Gasteiger partial charge >= 0.3 is 0 Å². The van der Waals surface area contributed by atoms with Crippen LogP contribution >= 0.6 is 27.7 Å². The van der Waals surface area contributed by atoms with E-state index in [0.29, 0.717) is 23.3 Å². The van der Waals surface area contributed by atoms with Gasteiger partial charge in [0.2, 0.25) is 0 Å². The Hall–Kier alpha value is -0.243. The Balaban J connectivity index is 1.86. The van der Waals surface area contributed by atoms with Gasteiger partial charge in [-0.1, -0.05) is 31.2 Å². The summed E-state index contributed by atoms with van der Waals surface area (Å²) in [5.74, 6) is 0.684. The number of nitrogens with zero attached hydrogens (tertiary/aromatic N) is 4. The Morgan fingerprint density at radius 3 is 2.84 bits per heavy atom. The lowest BCUT2D eigenvalue weighted by atomic mass is 10.2. The molecule has 2 heterocycles. The minimum absolute atomic E-state index is 0.0667. The van der Waals surface area contributed by atoms with Crippen LogP contribution in [0.15, 0.2) is 15.2 Å². The van der Waals surface area contributed by atoms with E-state index >= 15 is 0 Å². The molecule has 5 nitrogen and oxygen atoms in total. The summed E-state index contributed by atoms with van der Waals surface area (Å²) in [6, 6.07) is 1.24. The topological polar surface area (TPSA) is 49.5 Å². The quantitative estimate of drug-likeness (QED) is 0.427. The maximum Gasteiger partial charge on any atom is 0.190 e. The summed E-state index contributed by atoms with van der Waals surface area (Å²) < 4.78 is 7.59. The zero-order valence-corrected chi connectivity index (χ0v) is 14.7. The fraction of sp³-hybridized carbons (Fsp3) is 0.727. The Bertz CT molecular complexity index is 446. The average Bonchev–Trinajstić information content (AvgIpc) is 2.66. The summed E-state index contributed by atoms with van der Waals surface area (Å²) in [7, 11) is -1.03. The fourth-order valence-corrected chi connectivity index (χ4v) is 3.24. The van der Waals surface area contributed by atoms with Gasteiger partial charge in [0.05, 0.1) is 35.3 Å². The van der Waals surface area contributed by atoms with Crippen LogP contribution in [0.2, 0.25) is 25.7 Å². The predicted octanol–water partition coefficient (Wildman–Crippen LogP) is 2.74. The molecule has 0 aromatic rings. The normalized spacial score (nSPS) is 22.9. The molecule has 0 aromatic carbocycles. The van der Waals surface area contributed by atoms with Crippen molar-refractivity contribution in [2.75, 3.05) is 19.8 Å². The lowest BCUT2D eigenvalue weighted by molar-refractivity contribution is 0.130. The average molecular weight is 366 g/mol. The molecule has 0 aromatic heterocycles. The maximum absolute atomic E-state index is 5.96. The minimum atomic E-state index is -1.03. The third-order valence-corrected chi connectivity index (χ3v) is 5.44. The van der Waals surface area contributed by atoms with Gasteiger partial charge in [0.25, 0.3) is 0 Å². The largest absolute Gasteiger partial charge is 0.379 e. The molecule has 0 amide bonds. The number of rotatable bonds is 5. The molecule has 0 radical (unpaired) electrons. The maximum atomic E-state index is 5.96.